The van der Waals surface area contributed by atoms with Crippen LogP contribution in [0.2, 0.25) is 0 Å². The first-order chi connectivity index (χ1) is 5.29. The Morgan fingerprint density at radius 3 is 2.36 bits per heavy atom. The van der Waals surface area contributed by atoms with Crippen molar-refractivity contribution in [3.05, 3.63) is 42.0 Å². The van der Waals surface area contributed by atoms with Gasteiger partial charge in [-0.1, -0.05) is 50.3 Å². The Balaban J connectivity index is 2.65. The molecule has 0 bridgehead atoms. The van der Waals surface area contributed by atoms with Gasteiger partial charge in [0.1, 0.15) is 0 Å². The minimum absolute atomic E-state index is 0.509. The molecule has 1 aromatic carbocycles. The fourth-order valence-corrected chi connectivity index (χ4v) is 0.812. The minimum atomic E-state index is 0.509. The predicted octanol–water partition coefficient (Wildman–Crippen LogP) is 3.16. The molecule has 0 aliphatic heterocycles. The van der Waals surface area contributed by atoms with E-state index in [4.69, 9.17) is 0 Å². The van der Waals surface area contributed by atoms with Gasteiger partial charge in [-0.25, -0.2) is 0 Å². The number of allylic oxidation sites excluding steroid dienone is 1. The largest absolute Gasteiger partial charge is 0.0622 e. The SMILES string of the molecule is CC(C)/[C]=C\c1ccccc1. The van der Waals surface area contributed by atoms with Crippen LogP contribution in [0.3, 0.4) is 0 Å². The summed E-state index contributed by atoms with van der Waals surface area (Å²) < 4.78 is 0. The molecule has 0 N–H and O–H groups in total. The normalized spacial score (nSPS) is 11.2. The molecule has 0 nitrogen and oxygen atoms in total. The lowest BCUT2D eigenvalue weighted by atomic mass is 10.1. The van der Waals surface area contributed by atoms with Crippen LogP contribution in [0.5, 0.6) is 0 Å². The summed E-state index contributed by atoms with van der Waals surface area (Å²) in [5.74, 6) is 0.509. The second kappa shape index (κ2) is 3.97. The van der Waals surface area contributed by atoms with Crippen LogP contribution in [-0.4, -0.2) is 0 Å². The highest BCUT2D eigenvalue weighted by Gasteiger charge is 1.85. The fraction of sp³-hybridized carbons (Fsp3) is 0.273. The monoisotopic (exact) mass is 145 g/mol. The van der Waals surface area contributed by atoms with E-state index in [0.717, 1.165) is 0 Å². The summed E-state index contributed by atoms with van der Waals surface area (Å²) >= 11 is 0. The first-order valence-electron chi connectivity index (χ1n) is 3.93. The predicted molar refractivity (Wildman–Crippen MR) is 49.0 cm³/mol. The Bertz CT molecular complexity index is 219. The molecule has 0 aliphatic carbocycles. The van der Waals surface area contributed by atoms with Crippen molar-refractivity contribution < 1.29 is 0 Å². The number of hydrogen-bond donors (Lipinski definition) is 0. The van der Waals surface area contributed by atoms with Gasteiger partial charge in [0.25, 0.3) is 0 Å². The van der Waals surface area contributed by atoms with Crippen LogP contribution >= 0.6 is 0 Å². The third-order valence-electron chi connectivity index (χ3n) is 1.38. The summed E-state index contributed by atoms with van der Waals surface area (Å²) in [5.41, 5.74) is 1.22. The summed E-state index contributed by atoms with van der Waals surface area (Å²) in [4.78, 5) is 0. The Hall–Kier alpha value is -1.04. The zero-order chi connectivity index (χ0) is 8.10. The topological polar surface area (TPSA) is 0 Å². The summed E-state index contributed by atoms with van der Waals surface area (Å²) in [5, 5.41) is 0. The van der Waals surface area contributed by atoms with Gasteiger partial charge in [0.05, 0.1) is 0 Å². The van der Waals surface area contributed by atoms with E-state index in [1.165, 1.54) is 5.56 Å². The van der Waals surface area contributed by atoms with Gasteiger partial charge in [-0.05, 0) is 17.6 Å². The Kier molecular flexibility index (Phi) is 2.91. The van der Waals surface area contributed by atoms with Crippen molar-refractivity contribution in [2.45, 2.75) is 13.8 Å². The van der Waals surface area contributed by atoms with Gasteiger partial charge in [0, 0.05) is 0 Å². The lowest BCUT2D eigenvalue weighted by molar-refractivity contribution is 0.811. The number of hydrogen-bond acceptors (Lipinski definition) is 0. The van der Waals surface area contributed by atoms with Gasteiger partial charge >= 0.3 is 0 Å². The number of rotatable bonds is 2. The Labute approximate surface area is 68.6 Å². The molecule has 0 saturated carbocycles. The Morgan fingerprint density at radius 1 is 1.18 bits per heavy atom. The molecule has 0 saturated heterocycles. The van der Waals surface area contributed by atoms with Crippen molar-refractivity contribution in [2.75, 3.05) is 0 Å². The van der Waals surface area contributed by atoms with Crippen molar-refractivity contribution in [2.24, 2.45) is 5.92 Å². The summed E-state index contributed by atoms with van der Waals surface area (Å²) in [6.07, 6.45) is 5.27. The molecule has 0 unspecified atom stereocenters. The molecule has 1 rings (SSSR count). The van der Waals surface area contributed by atoms with Gasteiger partial charge in [-0.3, -0.25) is 0 Å². The maximum absolute atomic E-state index is 3.24. The van der Waals surface area contributed by atoms with Crippen LogP contribution < -0.4 is 0 Å². The fourth-order valence-electron chi connectivity index (χ4n) is 0.812. The number of benzene rings is 1. The highest BCUT2D eigenvalue weighted by atomic mass is 13.9. The second-order valence-corrected chi connectivity index (χ2v) is 2.88. The van der Waals surface area contributed by atoms with Gasteiger partial charge in [0.15, 0.2) is 0 Å². The minimum Gasteiger partial charge on any atom is -0.0622 e. The average molecular weight is 145 g/mol. The molecule has 11 heavy (non-hydrogen) atoms. The molecule has 0 atom stereocenters. The molecule has 57 valence electrons. The maximum atomic E-state index is 3.24. The van der Waals surface area contributed by atoms with Gasteiger partial charge in [0.2, 0.25) is 0 Å². The molecule has 0 aromatic heterocycles. The van der Waals surface area contributed by atoms with Gasteiger partial charge in [-0.15, -0.1) is 0 Å². The highest BCUT2D eigenvalue weighted by Crippen LogP contribution is 2.03. The molecule has 0 aliphatic rings. The molecule has 0 fully saturated rings. The molecular formula is C11H13. The molecular weight excluding hydrogens is 132 g/mol. The van der Waals surface area contributed by atoms with E-state index in [-0.39, 0.29) is 0 Å². The first kappa shape index (κ1) is 8.06. The molecule has 0 spiro atoms. The lowest BCUT2D eigenvalue weighted by Gasteiger charge is -1.93. The standard InChI is InChI=1S/C11H13/c1-10(2)8-9-11-6-4-3-5-7-11/h3-7,9-10H,1-2H3. The van der Waals surface area contributed by atoms with E-state index in [2.05, 4.69) is 32.1 Å². The first-order valence-corrected chi connectivity index (χ1v) is 3.93. The smallest absolute Gasteiger partial charge is 0.0216 e. The zero-order valence-corrected chi connectivity index (χ0v) is 7.04. The van der Waals surface area contributed by atoms with Crippen LogP contribution in [0.25, 0.3) is 6.08 Å². The molecule has 0 amide bonds. The van der Waals surface area contributed by atoms with Gasteiger partial charge < -0.3 is 0 Å². The molecule has 0 heteroatoms. The second-order valence-electron chi connectivity index (χ2n) is 2.88. The van der Waals surface area contributed by atoms with Crippen molar-refractivity contribution in [3.63, 3.8) is 0 Å². The highest BCUT2D eigenvalue weighted by molar-refractivity contribution is 5.46. The summed E-state index contributed by atoms with van der Waals surface area (Å²) in [6, 6.07) is 10.2. The van der Waals surface area contributed by atoms with Crippen molar-refractivity contribution >= 4 is 6.08 Å². The van der Waals surface area contributed by atoms with E-state index in [9.17, 15) is 0 Å². The molecule has 1 aromatic rings. The molecule has 0 heterocycles. The van der Waals surface area contributed by atoms with Crippen LogP contribution in [0.4, 0.5) is 0 Å². The van der Waals surface area contributed by atoms with Gasteiger partial charge in [-0.2, -0.15) is 0 Å². The third-order valence-corrected chi connectivity index (χ3v) is 1.38. The third kappa shape index (κ3) is 3.03. The lowest BCUT2D eigenvalue weighted by Crippen LogP contribution is -1.78. The van der Waals surface area contributed by atoms with Crippen molar-refractivity contribution in [1.29, 1.82) is 0 Å². The van der Waals surface area contributed by atoms with Crippen molar-refractivity contribution in [3.8, 4) is 0 Å². The van der Waals surface area contributed by atoms with E-state index in [1.807, 2.05) is 24.3 Å². The zero-order valence-electron chi connectivity index (χ0n) is 7.04. The average Bonchev–Trinajstić information content (AvgIpc) is 2.03. The van der Waals surface area contributed by atoms with Crippen LogP contribution in [0.1, 0.15) is 19.4 Å². The van der Waals surface area contributed by atoms with Crippen molar-refractivity contribution in [1.82, 2.24) is 0 Å². The maximum Gasteiger partial charge on any atom is -0.0216 e. The summed E-state index contributed by atoms with van der Waals surface area (Å²) in [6.45, 7) is 4.25. The van der Waals surface area contributed by atoms with E-state index >= 15 is 0 Å². The van der Waals surface area contributed by atoms with E-state index in [1.54, 1.807) is 0 Å². The quantitative estimate of drug-likeness (QED) is 0.599. The van der Waals surface area contributed by atoms with Crippen LogP contribution in [0.15, 0.2) is 30.3 Å². The van der Waals surface area contributed by atoms with Crippen LogP contribution in [0, 0.1) is 12.0 Å². The van der Waals surface area contributed by atoms with E-state index in [0.29, 0.717) is 5.92 Å². The molecule has 1 radical (unpaired) electrons. The Morgan fingerprint density at radius 2 is 1.82 bits per heavy atom. The van der Waals surface area contributed by atoms with Crippen LogP contribution in [-0.2, 0) is 0 Å². The summed E-state index contributed by atoms with van der Waals surface area (Å²) in [7, 11) is 0. The van der Waals surface area contributed by atoms with E-state index < -0.39 is 0 Å².